The lowest BCUT2D eigenvalue weighted by molar-refractivity contribution is -0.157. The van der Waals surface area contributed by atoms with E-state index in [1.54, 1.807) is 6.92 Å². The number of halogens is 1. The Morgan fingerprint density at radius 1 is 1.44 bits per heavy atom. The molecule has 0 amide bonds. The van der Waals surface area contributed by atoms with E-state index in [9.17, 15) is 15.0 Å². The monoisotopic (exact) mass is 248 g/mol. The Bertz CT molecular complexity index is 288. The fourth-order valence-electron chi connectivity index (χ4n) is 1.75. The largest absolute Gasteiger partial charge is 0.464 e. The van der Waals surface area contributed by atoms with E-state index in [4.69, 9.17) is 11.6 Å². The predicted molar refractivity (Wildman–Crippen MR) is 60.0 cm³/mol. The predicted octanol–water partition coefficient (Wildman–Crippen LogP) is 1.34. The van der Waals surface area contributed by atoms with Crippen LogP contribution in [-0.2, 0) is 9.53 Å². The number of hydrogen-bond donors (Lipinski definition) is 2. The molecule has 16 heavy (non-hydrogen) atoms. The zero-order valence-electron chi connectivity index (χ0n) is 9.28. The van der Waals surface area contributed by atoms with Crippen LogP contribution in [0, 0.1) is 0 Å². The summed E-state index contributed by atoms with van der Waals surface area (Å²) in [6.45, 7) is 1.82. The van der Waals surface area contributed by atoms with Gasteiger partial charge in [-0.25, -0.2) is 4.79 Å². The summed E-state index contributed by atoms with van der Waals surface area (Å²) in [7, 11) is 0. The van der Waals surface area contributed by atoms with Crippen LogP contribution in [0.5, 0.6) is 0 Å². The van der Waals surface area contributed by atoms with Crippen molar-refractivity contribution in [3.8, 4) is 0 Å². The summed E-state index contributed by atoms with van der Waals surface area (Å²) in [5.41, 5.74) is 0.563. The van der Waals surface area contributed by atoms with Gasteiger partial charge < -0.3 is 14.9 Å². The van der Waals surface area contributed by atoms with E-state index >= 15 is 0 Å². The highest BCUT2D eigenvalue weighted by molar-refractivity contribution is 6.30. The first kappa shape index (κ1) is 13.5. The number of carbonyl (C=O) groups is 1. The Morgan fingerprint density at radius 2 is 2.06 bits per heavy atom. The van der Waals surface area contributed by atoms with Crippen molar-refractivity contribution in [2.45, 2.75) is 44.8 Å². The minimum atomic E-state index is -1.54. The van der Waals surface area contributed by atoms with Crippen LogP contribution in [0.3, 0.4) is 0 Å². The van der Waals surface area contributed by atoms with Gasteiger partial charge in [-0.1, -0.05) is 11.6 Å². The maximum atomic E-state index is 11.2. The van der Waals surface area contributed by atoms with E-state index in [1.165, 1.54) is 0 Å². The van der Waals surface area contributed by atoms with Gasteiger partial charge in [0.25, 0.3) is 0 Å². The summed E-state index contributed by atoms with van der Waals surface area (Å²) in [5, 5.41) is 19.9. The second-order valence-electron chi connectivity index (χ2n) is 3.78. The Hall–Kier alpha value is -0.580. The quantitative estimate of drug-likeness (QED) is 0.737. The highest BCUT2D eigenvalue weighted by Gasteiger charge is 2.30. The third kappa shape index (κ3) is 3.20. The molecule has 2 N–H and O–H groups in total. The molecule has 5 heteroatoms. The number of aliphatic hydroxyl groups is 2. The van der Waals surface area contributed by atoms with Crippen molar-refractivity contribution in [3.05, 3.63) is 10.6 Å². The SMILES string of the molecule is CCOC(=O)[C@@H](O)[C@H](O)C1=C(Cl)CCCC1. The van der Waals surface area contributed by atoms with E-state index in [2.05, 4.69) is 4.74 Å². The normalized spacial score (nSPS) is 20.5. The molecule has 0 aromatic carbocycles. The summed E-state index contributed by atoms with van der Waals surface area (Å²) in [4.78, 5) is 11.2. The van der Waals surface area contributed by atoms with Crippen molar-refractivity contribution >= 4 is 17.6 Å². The lowest BCUT2D eigenvalue weighted by Crippen LogP contribution is -2.37. The van der Waals surface area contributed by atoms with Crippen LogP contribution in [0.25, 0.3) is 0 Å². The van der Waals surface area contributed by atoms with Crippen molar-refractivity contribution in [2.24, 2.45) is 0 Å². The minimum Gasteiger partial charge on any atom is -0.464 e. The number of aliphatic hydroxyl groups excluding tert-OH is 2. The Balaban J connectivity index is 2.69. The van der Waals surface area contributed by atoms with Crippen LogP contribution in [0.4, 0.5) is 0 Å². The number of esters is 1. The lowest BCUT2D eigenvalue weighted by atomic mass is 9.92. The third-order valence-electron chi connectivity index (χ3n) is 2.62. The molecule has 0 spiro atoms. The van der Waals surface area contributed by atoms with Crippen LogP contribution >= 0.6 is 11.6 Å². The standard InChI is InChI=1S/C11H17ClO4/c1-2-16-11(15)10(14)9(13)7-5-3-4-6-8(7)12/h9-10,13-14H,2-6H2,1H3/t9-,10+/m1/s1. The number of allylic oxidation sites excluding steroid dienone is 1. The Kier molecular flexibility index (Phi) is 5.25. The van der Waals surface area contributed by atoms with Gasteiger partial charge in [0.15, 0.2) is 6.10 Å². The van der Waals surface area contributed by atoms with Gasteiger partial charge in [0.1, 0.15) is 6.10 Å². The topological polar surface area (TPSA) is 66.8 Å². The maximum absolute atomic E-state index is 11.2. The molecule has 0 fully saturated rings. The van der Waals surface area contributed by atoms with Crippen LogP contribution in [0.15, 0.2) is 10.6 Å². The van der Waals surface area contributed by atoms with E-state index in [0.29, 0.717) is 23.4 Å². The van der Waals surface area contributed by atoms with Gasteiger partial charge in [-0.2, -0.15) is 0 Å². The molecule has 0 saturated carbocycles. The van der Waals surface area contributed by atoms with E-state index in [1.807, 2.05) is 0 Å². The molecular formula is C11H17ClO4. The molecule has 0 bridgehead atoms. The fourth-order valence-corrected chi connectivity index (χ4v) is 2.09. The van der Waals surface area contributed by atoms with Gasteiger partial charge in [0.05, 0.1) is 6.61 Å². The molecule has 2 atom stereocenters. The fraction of sp³-hybridized carbons (Fsp3) is 0.727. The van der Waals surface area contributed by atoms with Crippen molar-refractivity contribution in [3.63, 3.8) is 0 Å². The average molecular weight is 249 g/mol. The molecular weight excluding hydrogens is 232 g/mol. The van der Waals surface area contributed by atoms with Crippen LogP contribution < -0.4 is 0 Å². The van der Waals surface area contributed by atoms with E-state index in [-0.39, 0.29) is 6.61 Å². The molecule has 1 aliphatic rings. The first-order chi connectivity index (χ1) is 7.57. The van der Waals surface area contributed by atoms with Gasteiger partial charge in [-0.05, 0) is 38.2 Å². The molecule has 0 aliphatic heterocycles. The van der Waals surface area contributed by atoms with E-state index < -0.39 is 18.2 Å². The second kappa shape index (κ2) is 6.23. The molecule has 0 aromatic heterocycles. The number of rotatable bonds is 4. The summed E-state index contributed by atoms with van der Waals surface area (Å²) in [6.07, 6.45) is 0.427. The third-order valence-corrected chi connectivity index (χ3v) is 3.06. The molecule has 0 heterocycles. The summed E-state index contributed by atoms with van der Waals surface area (Å²) in [5.74, 6) is -0.808. The van der Waals surface area contributed by atoms with Crippen LogP contribution in [0.1, 0.15) is 32.6 Å². The van der Waals surface area contributed by atoms with Gasteiger partial charge in [0.2, 0.25) is 0 Å². The molecule has 0 aromatic rings. The minimum absolute atomic E-state index is 0.176. The lowest BCUT2D eigenvalue weighted by Gasteiger charge is -2.23. The molecule has 0 radical (unpaired) electrons. The van der Waals surface area contributed by atoms with Gasteiger partial charge in [0, 0.05) is 5.03 Å². The van der Waals surface area contributed by atoms with Crippen molar-refractivity contribution in [1.82, 2.24) is 0 Å². The first-order valence-electron chi connectivity index (χ1n) is 5.48. The second-order valence-corrected chi connectivity index (χ2v) is 4.24. The van der Waals surface area contributed by atoms with Crippen molar-refractivity contribution < 1.29 is 19.7 Å². The van der Waals surface area contributed by atoms with Crippen molar-refractivity contribution in [2.75, 3.05) is 6.61 Å². The number of ether oxygens (including phenoxy) is 1. The summed E-state index contributed by atoms with van der Waals surface area (Å²) < 4.78 is 4.64. The molecule has 4 nitrogen and oxygen atoms in total. The van der Waals surface area contributed by atoms with Crippen LogP contribution in [0.2, 0.25) is 0 Å². The molecule has 92 valence electrons. The van der Waals surface area contributed by atoms with E-state index in [0.717, 1.165) is 12.8 Å². The number of carbonyl (C=O) groups excluding carboxylic acids is 1. The zero-order valence-corrected chi connectivity index (χ0v) is 10.0. The van der Waals surface area contributed by atoms with Crippen molar-refractivity contribution in [1.29, 1.82) is 0 Å². The van der Waals surface area contributed by atoms with Gasteiger partial charge in [-0.3, -0.25) is 0 Å². The smallest absolute Gasteiger partial charge is 0.338 e. The highest BCUT2D eigenvalue weighted by atomic mass is 35.5. The molecule has 1 rings (SSSR count). The zero-order chi connectivity index (χ0) is 12.1. The Labute approximate surface area is 99.9 Å². The van der Waals surface area contributed by atoms with Gasteiger partial charge >= 0.3 is 5.97 Å². The maximum Gasteiger partial charge on any atom is 0.338 e. The number of hydrogen-bond acceptors (Lipinski definition) is 4. The molecule has 0 unspecified atom stereocenters. The Morgan fingerprint density at radius 3 is 2.62 bits per heavy atom. The average Bonchev–Trinajstić information content (AvgIpc) is 2.28. The molecule has 0 saturated heterocycles. The molecule has 1 aliphatic carbocycles. The summed E-state index contributed by atoms with van der Waals surface area (Å²) >= 11 is 5.96. The first-order valence-corrected chi connectivity index (χ1v) is 5.86. The van der Waals surface area contributed by atoms with Gasteiger partial charge in [-0.15, -0.1) is 0 Å². The summed E-state index contributed by atoms with van der Waals surface area (Å²) in [6, 6.07) is 0. The highest BCUT2D eigenvalue weighted by Crippen LogP contribution is 2.30. The van der Waals surface area contributed by atoms with Crippen LogP contribution in [-0.4, -0.2) is 35.0 Å².